The van der Waals surface area contributed by atoms with E-state index in [2.05, 4.69) is 510 Å². The van der Waals surface area contributed by atoms with Gasteiger partial charge in [0.15, 0.2) is 0 Å². The van der Waals surface area contributed by atoms with Crippen LogP contribution < -0.4 is 0 Å². The highest BCUT2D eigenvalue weighted by Crippen LogP contribution is 2.52. The Bertz CT molecular complexity index is 10200. The second-order valence-corrected chi connectivity index (χ2v) is 37.3. The van der Waals surface area contributed by atoms with Crippen molar-refractivity contribution >= 4 is 195 Å². The summed E-state index contributed by atoms with van der Waals surface area (Å²) in [6, 6.07) is 185. The van der Waals surface area contributed by atoms with Gasteiger partial charge >= 0.3 is 0 Å². The van der Waals surface area contributed by atoms with E-state index in [0.717, 1.165) is 98.7 Å². The van der Waals surface area contributed by atoms with E-state index in [4.69, 9.17) is 13.3 Å². The van der Waals surface area contributed by atoms with Crippen LogP contribution in [0.5, 0.6) is 0 Å². The molecule has 0 unspecified atom stereocenters. The molecule has 0 atom stereocenters. The largest absolute Gasteiger partial charge is 0.455 e. The lowest BCUT2D eigenvalue weighted by molar-refractivity contribution is 0.672. The Morgan fingerprint density at radius 3 is 0.667 bits per heavy atom. The summed E-state index contributed by atoms with van der Waals surface area (Å²) in [6.07, 6.45) is 0. The van der Waals surface area contributed by atoms with E-state index in [1.165, 1.54) is 197 Å². The van der Waals surface area contributed by atoms with Crippen molar-refractivity contribution in [2.75, 3.05) is 0 Å². The molecule has 654 valence electrons. The molecule has 0 aliphatic carbocycles. The first-order valence-corrected chi connectivity index (χ1v) is 48.5. The molecular weight excluding hydrogens is 1710 g/mol. The van der Waals surface area contributed by atoms with Crippen LogP contribution in [0.2, 0.25) is 0 Å². The second-order valence-electron chi connectivity index (χ2n) is 37.3. The summed E-state index contributed by atoms with van der Waals surface area (Å²) in [5, 5.41) is 36.4. The first-order valence-electron chi connectivity index (χ1n) is 48.5. The maximum atomic E-state index is 6.63. The third-order valence-electron chi connectivity index (χ3n) is 29.5. The Hall–Kier alpha value is -18.5. The Kier molecular flexibility index (Phi) is 19.0. The van der Waals surface area contributed by atoms with Gasteiger partial charge in [-0.05, 0) is 286 Å². The third-order valence-corrected chi connectivity index (χ3v) is 29.5. The fraction of sp³-hybridized carbons (Fsp3) is 0. The van der Waals surface area contributed by atoms with Crippen molar-refractivity contribution in [1.82, 2.24) is 0 Å². The van der Waals surface area contributed by atoms with E-state index in [0.29, 0.717) is 0 Å². The van der Waals surface area contributed by atoms with Crippen LogP contribution in [-0.4, -0.2) is 0 Å². The summed E-state index contributed by atoms with van der Waals surface area (Å²) in [6.45, 7) is 0. The topological polar surface area (TPSA) is 39.4 Å². The van der Waals surface area contributed by atoms with Gasteiger partial charge in [0.25, 0.3) is 0 Å². The van der Waals surface area contributed by atoms with Crippen molar-refractivity contribution in [2.45, 2.75) is 0 Å². The van der Waals surface area contributed by atoms with Gasteiger partial charge in [-0.1, -0.05) is 437 Å². The molecule has 0 saturated heterocycles. The standard InChI is InChI=1S/3C46H28O/c1-3-16-34-29(11-1)13-10-22-35(34)31-14-9-15-32(27-31)44-38-18-5-7-20-40(38)45(41-21-8-6-19-39(41)44)33-24-25-37-42-26-23-30-12-2-4-17-36(30)46(42)47-43(37)28-33;1-3-13-34-29(10-1)12-9-19-35(34)31-20-22-32(23-21-31)44-38-15-5-7-17-40(38)45(41-18-8-6-16-39(41)44)33-25-26-37-42-27-24-30-11-2-4-14-36(30)46(42)47-43(37)28-33;1-2-12-31-26-33(21-20-29(31)10-1)32-13-9-14-34(27-32)44-38-16-5-7-18-40(38)45(41-19-8-6-17-39(41)44)35-23-24-37-42-25-22-30-11-3-4-15-36(30)46(42)47-43(37)28-35/h3*1-28H. The van der Waals surface area contributed by atoms with E-state index in [9.17, 15) is 0 Å². The number of hydrogen-bond donors (Lipinski definition) is 0. The molecule has 30 aromatic rings. The SMILES string of the molecule is c1cc(-c2ccc3ccccc3c2)cc(-c2c3ccccc3c(-c3ccc4c(c3)oc3c5ccccc5ccc43)c3ccccc23)c1.c1cc(-c2cccc3ccccc23)cc(-c2c3ccccc3c(-c3ccc4c(c3)oc3c5ccccc5ccc43)c3ccccc23)c1.c1ccc2c(-c3ccc(-c4c5ccccc5c(-c5ccc6c(c5)oc5c7ccccc7ccc65)c5ccccc45)cc3)cccc2c1. The fourth-order valence-electron chi connectivity index (χ4n) is 23.1. The Balaban J connectivity index is 0.000000104. The smallest absolute Gasteiger partial charge is 0.143 e. The summed E-state index contributed by atoms with van der Waals surface area (Å²) < 4.78 is 19.9. The second kappa shape index (κ2) is 33.2. The minimum Gasteiger partial charge on any atom is -0.455 e. The van der Waals surface area contributed by atoms with Crippen LogP contribution in [0.15, 0.2) is 523 Å². The first-order chi connectivity index (χ1) is 69.9. The van der Waals surface area contributed by atoms with Crippen LogP contribution in [0.25, 0.3) is 295 Å². The molecule has 3 heteroatoms. The van der Waals surface area contributed by atoms with Crippen LogP contribution >= 0.6 is 0 Å². The quantitative estimate of drug-likeness (QED) is 0.135. The van der Waals surface area contributed by atoms with Crippen molar-refractivity contribution in [3.8, 4) is 100 Å². The van der Waals surface area contributed by atoms with Gasteiger partial charge in [0.05, 0.1) is 0 Å². The summed E-state index contributed by atoms with van der Waals surface area (Å²) in [4.78, 5) is 0. The maximum absolute atomic E-state index is 6.63. The molecule has 141 heavy (non-hydrogen) atoms. The number of rotatable bonds is 9. The first kappa shape index (κ1) is 80.9. The molecule has 0 bridgehead atoms. The average Bonchev–Trinajstić information content (AvgIpc) is 1.28. The predicted octanol–water partition coefficient (Wildman–Crippen LogP) is 39.6. The highest BCUT2D eigenvalue weighted by molar-refractivity contribution is 6.28. The van der Waals surface area contributed by atoms with Crippen molar-refractivity contribution in [2.24, 2.45) is 0 Å². The summed E-state index contributed by atoms with van der Waals surface area (Å²) >= 11 is 0. The van der Waals surface area contributed by atoms with E-state index in [1.807, 2.05) is 0 Å². The highest BCUT2D eigenvalue weighted by Gasteiger charge is 2.25. The van der Waals surface area contributed by atoms with E-state index < -0.39 is 0 Å². The van der Waals surface area contributed by atoms with Crippen molar-refractivity contribution in [3.05, 3.63) is 510 Å². The van der Waals surface area contributed by atoms with Crippen LogP contribution in [0, 0.1) is 0 Å². The third kappa shape index (κ3) is 13.5. The van der Waals surface area contributed by atoms with Crippen LogP contribution in [0.3, 0.4) is 0 Å². The molecule has 0 amide bonds. The van der Waals surface area contributed by atoms with Gasteiger partial charge in [-0.15, -0.1) is 0 Å². The monoisotopic (exact) mass is 1790 g/mol. The molecule has 3 nitrogen and oxygen atoms in total. The normalized spacial score (nSPS) is 11.8. The van der Waals surface area contributed by atoms with Crippen molar-refractivity contribution in [3.63, 3.8) is 0 Å². The number of fused-ring (bicyclic) bond motifs is 24. The molecule has 0 aliphatic heterocycles. The minimum absolute atomic E-state index is 0.911. The van der Waals surface area contributed by atoms with E-state index in [-0.39, 0.29) is 0 Å². The molecule has 27 aromatic carbocycles. The molecule has 0 N–H and O–H groups in total. The van der Waals surface area contributed by atoms with Gasteiger partial charge in [-0.2, -0.15) is 0 Å². The van der Waals surface area contributed by atoms with Gasteiger partial charge in [0.2, 0.25) is 0 Å². The zero-order valence-electron chi connectivity index (χ0n) is 76.7. The molecule has 0 radical (unpaired) electrons. The van der Waals surface area contributed by atoms with Crippen molar-refractivity contribution < 1.29 is 13.3 Å². The molecule has 3 aromatic heterocycles. The molecule has 0 spiro atoms. The lowest BCUT2D eigenvalue weighted by Gasteiger charge is -2.18. The minimum atomic E-state index is 0.911. The van der Waals surface area contributed by atoms with E-state index >= 15 is 0 Å². The Morgan fingerprint density at radius 2 is 0.312 bits per heavy atom. The molecule has 0 aliphatic rings. The summed E-state index contributed by atoms with van der Waals surface area (Å²) in [7, 11) is 0. The zero-order valence-corrected chi connectivity index (χ0v) is 76.7. The van der Waals surface area contributed by atoms with Crippen LogP contribution in [-0.2, 0) is 0 Å². The van der Waals surface area contributed by atoms with Crippen molar-refractivity contribution in [1.29, 1.82) is 0 Å². The molecule has 0 fully saturated rings. The number of benzene rings is 27. The molecular formula is C138H84O3. The Labute approximate surface area is 812 Å². The highest BCUT2D eigenvalue weighted by atomic mass is 16.3. The predicted molar refractivity (Wildman–Crippen MR) is 600 cm³/mol. The number of furan rings is 3. The zero-order chi connectivity index (χ0) is 92.7. The molecule has 0 saturated carbocycles. The van der Waals surface area contributed by atoms with Gasteiger partial charge in [0.1, 0.15) is 33.5 Å². The fourth-order valence-corrected chi connectivity index (χ4v) is 23.1. The van der Waals surface area contributed by atoms with Gasteiger partial charge in [0, 0.05) is 48.5 Å². The van der Waals surface area contributed by atoms with Crippen LogP contribution in [0.1, 0.15) is 0 Å². The maximum Gasteiger partial charge on any atom is 0.143 e. The lowest BCUT2D eigenvalue weighted by Crippen LogP contribution is -1.91. The summed E-state index contributed by atoms with van der Waals surface area (Å²) in [5.74, 6) is 0. The Morgan fingerprint density at radius 1 is 0.0993 bits per heavy atom. The van der Waals surface area contributed by atoms with Crippen LogP contribution in [0.4, 0.5) is 0 Å². The average molecular weight is 1790 g/mol. The summed E-state index contributed by atoms with van der Waals surface area (Å²) in [5.41, 5.74) is 27.6. The van der Waals surface area contributed by atoms with Gasteiger partial charge in [-0.3, -0.25) is 0 Å². The lowest BCUT2D eigenvalue weighted by atomic mass is 9.85. The number of hydrogen-bond acceptors (Lipinski definition) is 3. The van der Waals surface area contributed by atoms with Gasteiger partial charge in [-0.25, -0.2) is 0 Å². The molecule has 30 rings (SSSR count). The molecule has 3 heterocycles. The van der Waals surface area contributed by atoms with Gasteiger partial charge < -0.3 is 13.3 Å². The van der Waals surface area contributed by atoms with E-state index in [1.54, 1.807) is 0 Å².